The third kappa shape index (κ3) is 3.05. The minimum absolute atomic E-state index is 0.122. The van der Waals surface area contributed by atoms with Gasteiger partial charge in [-0.05, 0) is 36.6 Å². The molecule has 1 saturated carbocycles. The molecule has 28 heavy (non-hydrogen) atoms. The molecule has 1 aliphatic carbocycles. The first-order valence-electron chi connectivity index (χ1n) is 10.2. The summed E-state index contributed by atoms with van der Waals surface area (Å²) in [6, 6.07) is 18.4. The summed E-state index contributed by atoms with van der Waals surface area (Å²) in [5.74, 6) is 0.0408. The highest BCUT2D eigenvalue weighted by molar-refractivity contribution is 6.02. The minimum atomic E-state index is -0.134. The average molecular weight is 375 g/mol. The standard InChI is InChI=1S/C23H25N3O2/c27-22(25-14-12-24(13-15-25)18-7-2-1-3-8-18)19-16-20(19)23(28)26-11-10-17-6-4-5-9-21(17)26/h1-9,19-20H,10-16H2. The molecule has 2 fully saturated rings. The van der Waals surface area contributed by atoms with Crippen LogP contribution in [0.5, 0.6) is 0 Å². The Labute approximate surface area is 165 Å². The van der Waals surface area contributed by atoms with Gasteiger partial charge in [-0.2, -0.15) is 0 Å². The summed E-state index contributed by atoms with van der Waals surface area (Å²) in [6.07, 6.45) is 1.62. The molecule has 2 unspecified atom stereocenters. The molecule has 2 amide bonds. The van der Waals surface area contributed by atoms with Gasteiger partial charge in [0.1, 0.15) is 0 Å². The third-order valence-corrected chi connectivity index (χ3v) is 6.29. The van der Waals surface area contributed by atoms with Crippen LogP contribution in [0.1, 0.15) is 12.0 Å². The van der Waals surface area contributed by atoms with E-state index >= 15 is 0 Å². The van der Waals surface area contributed by atoms with Gasteiger partial charge in [-0.15, -0.1) is 0 Å². The van der Waals surface area contributed by atoms with Gasteiger partial charge in [0.15, 0.2) is 0 Å². The molecule has 2 heterocycles. The van der Waals surface area contributed by atoms with Crippen molar-refractivity contribution in [3.8, 4) is 0 Å². The molecule has 2 atom stereocenters. The van der Waals surface area contributed by atoms with Crippen molar-refractivity contribution in [2.24, 2.45) is 11.8 Å². The Morgan fingerprint density at radius 1 is 0.750 bits per heavy atom. The largest absolute Gasteiger partial charge is 0.368 e. The second kappa shape index (κ2) is 6.97. The number of rotatable bonds is 3. The van der Waals surface area contributed by atoms with E-state index in [4.69, 9.17) is 0 Å². The molecule has 0 radical (unpaired) electrons. The molecule has 1 saturated heterocycles. The maximum atomic E-state index is 13.0. The normalized spacial score (nSPS) is 23.5. The lowest BCUT2D eigenvalue weighted by atomic mass is 10.2. The maximum Gasteiger partial charge on any atom is 0.230 e. The second-order valence-electron chi connectivity index (χ2n) is 7.97. The molecule has 0 bridgehead atoms. The number of carbonyl (C=O) groups excluding carboxylic acids is 2. The summed E-state index contributed by atoms with van der Waals surface area (Å²) < 4.78 is 0. The van der Waals surface area contributed by atoms with Crippen LogP contribution in [-0.2, 0) is 16.0 Å². The smallest absolute Gasteiger partial charge is 0.230 e. The quantitative estimate of drug-likeness (QED) is 0.828. The van der Waals surface area contributed by atoms with E-state index in [1.807, 2.05) is 46.2 Å². The monoisotopic (exact) mass is 375 g/mol. The fourth-order valence-corrected chi connectivity index (χ4v) is 4.57. The number of benzene rings is 2. The Balaban J connectivity index is 1.18. The van der Waals surface area contributed by atoms with E-state index in [-0.39, 0.29) is 23.7 Å². The van der Waals surface area contributed by atoms with Crippen LogP contribution in [0.25, 0.3) is 0 Å². The number of hydrogen-bond acceptors (Lipinski definition) is 3. The van der Waals surface area contributed by atoms with Gasteiger partial charge in [0.25, 0.3) is 0 Å². The summed E-state index contributed by atoms with van der Waals surface area (Å²) in [5.41, 5.74) is 3.47. The van der Waals surface area contributed by atoms with Crippen molar-refractivity contribution in [2.45, 2.75) is 12.8 Å². The molecular weight excluding hydrogens is 350 g/mol. The summed E-state index contributed by atoms with van der Waals surface area (Å²) in [5, 5.41) is 0. The molecule has 2 aromatic rings. The lowest BCUT2D eigenvalue weighted by Gasteiger charge is -2.36. The number of para-hydroxylation sites is 2. The van der Waals surface area contributed by atoms with Gasteiger partial charge in [-0.3, -0.25) is 9.59 Å². The molecule has 5 rings (SSSR count). The van der Waals surface area contributed by atoms with Crippen molar-refractivity contribution in [1.29, 1.82) is 0 Å². The van der Waals surface area contributed by atoms with Crippen LogP contribution in [0.3, 0.4) is 0 Å². The molecule has 5 heteroatoms. The van der Waals surface area contributed by atoms with Crippen LogP contribution in [0.2, 0.25) is 0 Å². The highest BCUT2D eigenvalue weighted by Gasteiger charge is 2.51. The first-order chi connectivity index (χ1) is 13.7. The van der Waals surface area contributed by atoms with Crippen LogP contribution in [0, 0.1) is 11.8 Å². The highest BCUT2D eigenvalue weighted by Crippen LogP contribution is 2.43. The molecule has 0 aromatic heterocycles. The number of fused-ring (bicyclic) bond motifs is 1. The predicted octanol–water partition coefficient (Wildman–Crippen LogP) is 2.56. The Bertz CT molecular complexity index is 890. The van der Waals surface area contributed by atoms with E-state index in [0.29, 0.717) is 6.42 Å². The van der Waals surface area contributed by atoms with Gasteiger partial charge in [0.05, 0.1) is 11.8 Å². The van der Waals surface area contributed by atoms with Gasteiger partial charge in [-0.1, -0.05) is 36.4 Å². The zero-order valence-electron chi connectivity index (χ0n) is 16.0. The number of anilines is 2. The minimum Gasteiger partial charge on any atom is -0.368 e. The summed E-state index contributed by atoms with van der Waals surface area (Å²) in [6.45, 7) is 3.90. The molecule has 0 N–H and O–H groups in total. The van der Waals surface area contributed by atoms with Crippen LogP contribution in [0.4, 0.5) is 11.4 Å². The van der Waals surface area contributed by atoms with Crippen LogP contribution in [0.15, 0.2) is 54.6 Å². The Morgan fingerprint density at radius 2 is 1.43 bits per heavy atom. The lowest BCUT2D eigenvalue weighted by Crippen LogP contribution is -2.49. The molecular formula is C23H25N3O2. The van der Waals surface area contributed by atoms with E-state index in [0.717, 1.165) is 44.8 Å². The first kappa shape index (κ1) is 17.3. The third-order valence-electron chi connectivity index (χ3n) is 6.29. The summed E-state index contributed by atoms with van der Waals surface area (Å²) in [7, 11) is 0. The van der Waals surface area contributed by atoms with Gasteiger partial charge in [-0.25, -0.2) is 0 Å². The molecule has 144 valence electrons. The molecule has 2 aromatic carbocycles. The topological polar surface area (TPSA) is 43.9 Å². The predicted molar refractivity (Wildman–Crippen MR) is 109 cm³/mol. The van der Waals surface area contributed by atoms with Gasteiger partial charge < -0.3 is 14.7 Å². The summed E-state index contributed by atoms with van der Waals surface area (Å²) in [4.78, 5) is 32.0. The zero-order valence-corrected chi connectivity index (χ0v) is 16.0. The Hall–Kier alpha value is -2.82. The zero-order chi connectivity index (χ0) is 19.1. The van der Waals surface area contributed by atoms with E-state index in [1.54, 1.807) is 0 Å². The van der Waals surface area contributed by atoms with E-state index in [2.05, 4.69) is 23.1 Å². The van der Waals surface area contributed by atoms with Gasteiger partial charge >= 0.3 is 0 Å². The number of hydrogen-bond donors (Lipinski definition) is 0. The second-order valence-corrected chi connectivity index (χ2v) is 7.97. The SMILES string of the molecule is O=C(C1CC1C(=O)N1CCc2ccccc21)N1CCN(c2ccccc2)CC1. The lowest BCUT2D eigenvalue weighted by molar-refractivity contribution is -0.134. The van der Waals surface area contributed by atoms with Crippen molar-refractivity contribution >= 4 is 23.2 Å². The summed E-state index contributed by atoms with van der Waals surface area (Å²) >= 11 is 0. The molecule has 3 aliphatic rings. The number of carbonyl (C=O) groups is 2. The molecule has 2 aliphatic heterocycles. The maximum absolute atomic E-state index is 13.0. The van der Waals surface area contributed by atoms with Crippen molar-refractivity contribution in [3.63, 3.8) is 0 Å². The van der Waals surface area contributed by atoms with Crippen molar-refractivity contribution in [2.75, 3.05) is 42.5 Å². The van der Waals surface area contributed by atoms with E-state index < -0.39 is 0 Å². The average Bonchev–Trinajstić information content (AvgIpc) is 3.45. The number of piperazine rings is 1. The number of amides is 2. The fraction of sp³-hybridized carbons (Fsp3) is 0.391. The molecule has 5 nitrogen and oxygen atoms in total. The van der Waals surface area contributed by atoms with Crippen molar-refractivity contribution in [1.82, 2.24) is 4.90 Å². The highest BCUT2D eigenvalue weighted by atomic mass is 16.2. The van der Waals surface area contributed by atoms with Gasteiger partial charge in [0, 0.05) is 44.1 Å². The first-order valence-corrected chi connectivity index (χ1v) is 10.2. The number of nitrogens with zero attached hydrogens (tertiary/aromatic N) is 3. The Kier molecular flexibility index (Phi) is 4.30. The van der Waals surface area contributed by atoms with Gasteiger partial charge in [0.2, 0.25) is 11.8 Å². The fourth-order valence-electron chi connectivity index (χ4n) is 4.57. The van der Waals surface area contributed by atoms with Crippen LogP contribution in [-0.4, -0.2) is 49.4 Å². The van der Waals surface area contributed by atoms with E-state index in [9.17, 15) is 9.59 Å². The van der Waals surface area contributed by atoms with Crippen LogP contribution >= 0.6 is 0 Å². The van der Waals surface area contributed by atoms with Crippen molar-refractivity contribution < 1.29 is 9.59 Å². The van der Waals surface area contributed by atoms with Crippen LogP contribution < -0.4 is 9.80 Å². The van der Waals surface area contributed by atoms with Crippen molar-refractivity contribution in [3.05, 3.63) is 60.2 Å². The van der Waals surface area contributed by atoms with E-state index in [1.165, 1.54) is 11.3 Å². The molecule has 0 spiro atoms. The Morgan fingerprint density at radius 3 is 2.21 bits per heavy atom.